The van der Waals surface area contributed by atoms with E-state index in [1.54, 1.807) is 38.1 Å². The number of hydrogen-bond donors (Lipinski definition) is 1. The van der Waals surface area contributed by atoms with Crippen molar-refractivity contribution in [2.45, 2.75) is 19.9 Å². The Balaban J connectivity index is 2.35. The van der Waals surface area contributed by atoms with Gasteiger partial charge < -0.3 is 9.66 Å². The topological polar surface area (TPSA) is 124 Å². The van der Waals surface area contributed by atoms with E-state index in [2.05, 4.69) is 0 Å². The largest absolute Gasteiger partial charge is 0.755 e. The molecule has 0 spiro atoms. The zero-order valence-electron chi connectivity index (χ0n) is 14.1. The Morgan fingerprint density at radius 1 is 1.08 bits per heavy atom. The maximum absolute atomic E-state index is 11.6. The first-order chi connectivity index (χ1) is 12.2. The van der Waals surface area contributed by atoms with E-state index >= 15 is 0 Å². The second kappa shape index (κ2) is 8.07. The molecule has 2 aromatic carbocycles. The highest BCUT2D eigenvalue weighted by atomic mass is 32.2. The maximum Gasteiger partial charge on any atom is 0.327 e. The Kier molecular flexibility index (Phi) is 6.06. The van der Waals surface area contributed by atoms with E-state index in [1.165, 1.54) is 24.3 Å². The number of carboxylic acid groups (broad SMARTS) is 1. The molecule has 0 aliphatic carbocycles. The van der Waals surface area contributed by atoms with Crippen LogP contribution in [0.3, 0.4) is 0 Å². The molecule has 0 bridgehead atoms. The average molecular weight is 377 g/mol. The molecule has 0 amide bonds. The highest BCUT2D eigenvalue weighted by molar-refractivity contribution is 7.80. The lowest BCUT2D eigenvalue weighted by Gasteiger charge is -2.34. The number of carboxylic acids is 1. The molecule has 0 fully saturated rings. The van der Waals surface area contributed by atoms with Crippen molar-refractivity contribution in [2.24, 2.45) is 5.92 Å². The van der Waals surface area contributed by atoms with Crippen molar-refractivity contribution in [3.05, 3.63) is 58.6 Å². The standard InChI is InChI=1S/C17H18N2O6S/c1-11(2)16(17(20)21)18(26(24)25)14-7-3-12(4-8-14)13-5-9-15(10-6-13)19(22)23/h3-11,16H,1-2H3,(H,20,21)(H,24,25)/p-1. The van der Waals surface area contributed by atoms with Crippen LogP contribution in [0.4, 0.5) is 11.4 Å². The van der Waals surface area contributed by atoms with Gasteiger partial charge in [0.1, 0.15) is 6.04 Å². The van der Waals surface area contributed by atoms with Gasteiger partial charge in [-0.2, -0.15) is 0 Å². The van der Waals surface area contributed by atoms with Gasteiger partial charge in [0, 0.05) is 29.1 Å². The van der Waals surface area contributed by atoms with Crippen molar-refractivity contribution in [3.63, 3.8) is 0 Å². The van der Waals surface area contributed by atoms with Gasteiger partial charge in [-0.15, -0.1) is 0 Å². The molecule has 2 aromatic rings. The van der Waals surface area contributed by atoms with Crippen LogP contribution in [0.15, 0.2) is 48.5 Å². The lowest BCUT2D eigenvalue weighted by atomic mass is 10.0. The summed E-state index contributed by atoms with van der Waals surface area (Å²) in [5.41, 5.74) is 1.64. The van der Waals surface area contributed by atoms with Crippen LogP contribution in [0.1, 0.15) is 13.8 Å². The second-order valence-electron chi connectivity index (χ2n) is 5.92. The Morgan fingerprint density at radius 2 is 1.54 bits per heavy atom. The van der Waals surface area contributed by atoms with E-state index in [1.807, 2.05) is 0 Å². The Hall–Kier alpha value is -2.78. The van der Waals surface area contributed by atoms with Crippen LogP contribution in [0.5, 0.6) is 0 Å². The zero-order chi connectivity index (χ0) is 19.4. The molecule has 8 nitrogen and oxygen atoms in total. The number of aliphatic carboxylic acids is 1. The van der Waals surface area contributed by atoms with Crippen molar-refractivity contribution >= 4 is 28.6 Å². The summed E-state index contributed by atoms with van der Waals surface area (Å²) >= 11 is -2.76. The van der Waals surface area contributed by atoms with E-state index < -0.39 is 34.1 Å². The quantitative estimate of drug-likeness (QED) is 0.449. The summed E-state index contributed by atoms with van der Waals surface area (Å²) < 4.78 is 24.0. The first-order valence-electron chi connectivity index (χ1n) is 7.68. The number of rotatable bonds is 7. The van der Waals surface area contributed by atoms with E-state index in [9.17, 15) is 28.8 Å². The van der Waals surface area contributed by atoms with Crippen molar-refractivity contribution in [1.82, 2.24) is 0 Å². The SMILES string of the molecule is CC(C)C(C(=O)O)N(c1ccc(-c2ccc([N+](=O)[O-])cc2)cc1)S(=O)[O-]. The number of nitro groups is 1. The van der Waals surface area contributed by atoms with E-state index in [0.717, 1.165) is 15.4 Å². The Bertz CT molecular complexity index is 820. The molecule has 0 saturated carbocycles. The summed E-state index contributed by atoms with van der Waals surface area (Å²) in [6.07, 6.45) is 0. The summed E-state index contributed by atoms with van der Waals surface area (Å²) in [5.74, 6) is -1.66. The molecule has 138 valence electrons. The van der Waals surface area contributed by atoms with Gasteiger partial charge >= 0.3 is 5.97 Å². The van der Waals surface area contributed by atoms with Crippen molar-refractivity contribution < 1.29 is 23.6 Å². The Morgan fingerprint density at radius 3 is 1.88 bits per heavy atom. The third kappa shape index (κ3) is 4.24. The van der Waals surface area contributed by atoms with Gasteiger partial charge in [0.2, 0.25) is 0 Å². The van der Waals surface area contributed by atoms with Gasteiger partial charge in [0.15, 0.2) is 0 Å². The van der Waals surface area contributed by atoms with Gasteiger partial charge in [-0.3, -0.25) is 18.6 Å². The number of nitrogens with zero attached hydrogens (tertiary/aromatic N) is 2. The number of non-ortho nitro benzene ring substituents is 1. The molecule has 0 aromatic heterocycles. The summed E-state index contributed by atoms with van der Waals surface area (Å²) in [4.78, 5) is 21.7. The molecule has 9 heteroatoms. The molecule has 2 unspecified atom stereocenters. The van der Waals surface area contributed by atoms with Crippen LogP contribution in [-0.4, -0.2) is 30.8 Å². The van der Waals surface area contributed by atoms with E-state index in [0.29, 0.717) is 0 Å². The third-order valence-electron chi connectivity index (χ3n) is 3.83. The summed E-state index contributed by atoms with van der Waals surface area (Å²) in [5, 5.41) is 20.1. The first kappa shape index (κ1) is 19.5. The number of nitro benzene ring substituents is 1. The molecule has 2 atom stereocenters. The van der Waals surface area contributed by atoms with Crippen LogP contribution in [0, 0.1) is 16.0 Å². The highest BCUT2D eigenvalue weighted by Gasteiger charge is 2.30. The predicted octanol–water partition coefficient (Wildman–Crippen LogP) is 2.97. The van der Waals surface area contributed by atoms with Crippen LogP contribution >= 0.6 is 0 Å². The van der Waals surface area contributed by atoms with Gasteiger partial charge in [0.25, 0.3) is 5.69 Å². The molecule has 26 heavy (non-hydrogen) atoms. The molecule has 0 aliphatic heterocycles. The Labute approximate surface area is 152 Å². The third-order valence-corrected chi connectivity index (χ3v) is 4.59. The summed E-state index contributed by atoms with van der Waals surface area (Å²) in [6.45, 7) is 3.26. The van der Waals surface area contributed by atoms with Gasteiger partial charge in [0.05, 0.1) is 4.92 Å². The van der Waals surface area contributed by atoms with Crippen LogP contribution in [-0.2, 0) is 16.1 Å². The van der Waals surface area contributed by atoms with Gasteiger partial charge in [-0.25, -0.2) is 4.79 Å². The maximum atomic E-state index is 11.6. The minimum absolute atomic E-state index is 0.0282. The van der Waals surface area contributed by atoms with Crippen molar-refractivity contribution in [2.75, 3.05) is 4.31 Å². The monoisotopic (exact) mass is 377 g/mol. The fourth-order valence-corrected chi connectivity index (χ4v) is 3.38. The van der Waals surface area contributed by atoms with Gasteiger partial charge in [-0.1, -0.05) is 26.0 Å². The molecule has 1 N–H and O–H groups in total. The van der Waals surface area contributed by atoms with Crippen LogP contribution in [0.25, 0.3) is 11.1 Å². The summed E-state index contributed by atoms with van der Waals surface area (Å²) in [6, 6.07) is 11.0. The number of benzene rings is 2. The number of carbonyl (C=O) groups is 1. The minimum Gasteiger partial charge on any atom is -0.755 e. The minimum atomic E-state index is -2.76. The molecule has 0 heterocycles. The lowest BCUT2D eigenvalue weighted by molar-refractivity contribution is -0.384. The molecule has 0 aliphatic rings. The smallest absolute Gasteiger partial charge is 0.327 e. The molecular formula is C17H17N2O6S-. The second-order valence-corrected chi connectivity index (χ2v) is 6.75. The fourth-order valence-electron chi connectivity index (χ4n) is 2.57. The number of anilines is 1. The van der Waals surface area contributed by atoms with Crippen molar-refractivity contribution in [3.8, 4) is 11.1 Å². The lowest BCUT2D eigenvalue weighted by Crippen LogP contribution is -2.45. The molecule has 0 radical (unpaired) electrons. The summed E-state index contributed by atoms with van der Waals surface area (Å²) in [7, 11) is 0. The van der Waals surface area contributed by atoms with Crippen molar-refractivity contribution in [1.29, 1.82) is 0 Å². The molecule has 2 rings (SSSR count). The number of hydrogen-bond acceptors (Lipinski definition) is 5. The van der Waals surface area contributed by atoms with Gasteiger partial charge in [-0.05, 0) is 41.3 Å². The normalized spacial score (nSPS) is 13.2. The predicted molar refractivity (Wildman–Crippen MR) is 96.2 cm³/mol. The van der Waals surface area contributed by atoms with E-state index in [-0.39, 0.29) is 11.4 Å². The zero-order valence-corrected chi connectivity index (χ0v) is 14.9. The highest BCUT2D eigenvalue weighted by Crippen LogP contribution is 2.28. The average Bonchev–Trinajstić information content (AvgIpc) is 2.59. The van der Waals surface area contributed by atoms with Crippen LogP contribution < -0.4 is 4.31 Å². The molecular weight excluding hydrogens is 360 g/mol. The van der Waals surface area contributed by atoms with Crippen LogP contribution in [0.2, 0.25) is 0 Å². The first-order valence-corrected chi connectivity index (χ1v) is 8.72. The van der Waals surface area contributed by atoms with E-state index in [4.69, 9.17) is 0 Å². The molecule has 0 saturated heterocycles. The fraction of sp³-hybridized carbons (Fsp3) is 0.235.